The minimum absolute atomic E-state index is 0.0576. The van der Waals surface area contributed by atoms with Crippen molar-refractivity contribution in [3.05, 3.63) is 65.9 Å². The number of fused-ring (bicyclic) bond motifs is 1. The average Bonchev–Trinajstić information content (AvgIpc) is 3.12. The van der Waals surface area contributed by atoms with Gasteiger partial charge in [-0.1, -0.05) is 37.3 Å². The molecular weight excluding hydrogens is 405 g/mol. The molecule has 2 heterocycles. The zero-order valence-electron chi connectivity index (χ0n) is 17.4. The van der Waals surface area contributed by atoms with E-state index in [9.17, 15) is 18.0 Å². The van der Waals surface area contributed by atoms with E-state index < -0.39 is 18.0 Å². The molecule has 4 nitrogen and oxygen atoms in total. The van der Waals surface area contributed by atoms with Crippen molar-refractivity contribution in [3.63, 3.8) is 0 Å². The van der Waals surface area contributed by atoms with Gasteiger partial charge in [-0.05, 0) is 48.9 Å². The van der Waals surface area contributed by atoms with Crippen LogP contribution in [0.25, 0.3) is 10.9 Å². The lowest BCUT2D eigenvalue weighted by Gasteiger charge is -2.32. The fourth-order valence-electron chi connectivity index (χ4n) is 4.45. The minimum Gasteiger partial charge on any atom is -0.405 e. The molecule has 0 saturated carbocycles. The lowest BCUT2D eigenvalue weighted by atomic mass is 9.89. The van der Waals surface area contributed by atoms with E-state index in [4.69, 9.17) is 0 Å². The van der Waals surface area contributed by atoms with Crippen LogP contribution < -0.4 is 4.74 Å². The number of nitrogens with zero attached hydrogens (tertiary/aromatic N) is 2. The maximum atomic E-state index is 12.9. The molecule has 0 bridgehead atoms. The number of hydrogen-bond acceptors (Lipinski definition) is 2. The number of carbonyl (C=O) groups excluding carboxylic acids is 1. The smallest absolute Gasteiger partial charge is 0.405 e. The van der Waals surface area contributed by atoms with E-state index in [2.05, 4.69) is 34.6 Å². The van der Waals surface area contributed by atoms with Crippen LogP contribution in [-0.4, -0.2) is 34.8 Å². The Morgan fingerprint density at radius 3 is 2.45 bits per heavy atom. The first kappa shape index (κ1) is 21.3. The first-order valence-corrected chi connectivity index (χ1v) is 10.6. The van der Waals surface area contributed by atoms with Crippen LogP contribution in [-0.2, 0) is 6.54 Å². The summed E-state index contributed by atoms with van der Waals surface area (Å²) in [5, 5.41) is 1.24. The second kappa shape index (κ2) is 8.65. The molecule has 0 unspecified atom stereocenters. The van der Waals surface area contributed by atoms with Gasteiger partial charge in [-0.2, -0.15) is 0 Å². The molecule has 7 heteroatoms. The molecule has 0 atom stereocenters. The summed E-state index contributed by atoms with van der Waals surface area (Å²) in [6, 6.07) is 13.9. The number of benzene rings is 2. The quantitative estimate of drug-likeness (QED) is 0.500. The summed E-state index contributed by atoms with van der Waals surface area (Å²) in [6.45, 7) is 4.10. The van der Waals surface area contributed by atoms with Crippen LogP contribution in [0.2, 0.25) is 0 Å². The Morgan fingerprint density at radius 1 is 1.06 bits per heavy atom. The van der Waals surface area contributed by atoms with Crippen LogP contribution in [0.1, 0.15) is 48.0 Å². The molecule has 1 aromatic heterocycles. The number of aryl methyl sites for hydroxylation is 1. The van der Waals surface area contributed by atoms with Crippen molar-refractivity contribution >= 4 is 16.8 Å². The summed E-state index contributed by atoms with van der Waals surface area (Å²) in [7, 11) is 0. The number of likely N-dealkylation sites (tertiary alicyclic amines) is 1. The van der Waals surface area contributed by atoms with Crippen LogP contribution in [0, 0.1) is 0 Å². The third kappa shape index (κ3) is 4.55. The molecule has 0 spiro atoms. The number of alkyl halides is 3. The minimum atomic E-state index is -4.84. The highest BCUT2D eigenvalue weighted by Crippen LogP contribution is 2.35. The van der Waals surface area contributed by atoms with E-state index in [-0.39, 0.29) is 5.56 Å². The lowest BCUT2D eigenvalue weighted by Crippen LogP contribution is -2.38. The van der Waals surface area contributed by atoms with Crippen molar-refractivity contribution in [2.75, 3.05) is 13.1 Å². The molecule has 1 aliphatic rings. The fourth-order valence-corrected chi connectivity index (χ4v) is 4.45. The van der Waals surface area contributed by atoms with Crippen LogP contribution in [0.15, 0.2) is 54.7 Å². The summed E-state index contributed by atoms with van der Waals surface area (Å²) in [5.74, 6) is -0.565. The number of para-hydroxylation sites is 2. The Morgan fingerprint density at radius 2 is 1.74 bits per heavy atom. The Bertz CT molecular complexity index is 1070. The summed E-state index contributed by atoms with van der Waals surface area (Å²) in [5.41, 5.74) is 2.45. The molecule has 0 N–H and O–H groups in total. The summed E-state index contributed by atoms with van der Waals surface area (Å²) in [6.07, 6.45) is -0.0222. The largest absolute Gasteiger partial charge is 0.573 e. The molecule has 0 aliphatic carbocycles. The lowest BCUT2D eigenvalue weighted by molar-refractivity contribution is -0.274. The number of carbonyl (C=O) groups is 1. The molecule has 4 rings (SSSR count). The van der Waals surface area contributed by atoms with Crippen molar-refractivity contribution in [1.29, 1.82) is 0 Å². The number of ether oxygens (including phenoxy) is 1. The predicted octanol–water partition coefficient (Wildman–Crippen LogP) is 5.97. The third-order valence-corrected chi connectivity index (χ3v) is 5.85. The SMILES string of the molecule is CCCn1cc(C2CCN(C(=O)c3ccccc3OC(F)(F)F)CC2)c2ccccc21. The second-order valence-electron chi connectivity index (χ2n) is 7.91. The zero-order chi connectivity index (χ0) is 22.0. The highest BCUT2D eigenvalue weighted by atomic mass is 19.4. The van der Waals surface area contributed by atoms with Gasteiger partial charge >= 0.3 is 6.36 Å². The number of piperidine rings is 1. The Balaban J connectivity index is 1.50. The second-order valence-corrected chi connectivity index (χ2v) is 7.91. The van der Waals surface area contributed by atoms with Crippen molar-refractivity contribution in [2.45, 2.75) is 45.0 Å². The number of rotatable bonds is 5. The van der Waals surface area contributed by atoms with Gasteiger partial charge in [-0.3, -0.25) is 4.79 Å². The van der Waals surface area contributed by atoms with E-state index in [1.165, 1.54) is 34.7 Å². The van der Waals surface area contributed by atoms with Crippen LogP contribution >= 0.6 is 0 Å². The van der Waals surface area contributed by atoms with Gasteiger partial charge in [0.1, 0.15) is 5.75 Å². The van der Waals surface area contributed by atoms with Gasteiger partial charge in [0.15, 0.2) is 0 Å². The Labute approximate surface area is 179 Å². The Hall–Kier alpha value is -2.96. The summed E-state index contributed by atoms with van der Waals surface area (Å²) in [4.78, 5) is 14.6. The van der Waals surface area contributed by atoms with Gasteiger partial charge in [-0.15, -0.1) is 13.2 Å². The van der Waals surface area contributed by atoms with Crippen molar-refractivity contribution in [1.82, 2.24) is 9.47 Å². The number of aromatic nitrogens is 1. The van der Waals surface area contributed by atoms with E-state index >= 15 is 0 Å². The highest BCUT2D eigenvalue weighted by molar-refractivity contribution is 5.97. The molecular formula is C24H25F3N2O2. The summed E-state index contributed by atoms with van der Waals surface area (Å²) >= 11 is 0. The standard InChI is InChI=1S/C24H25F3N2O2/c1-2-13-29-16-20(18-7-3-5-9-21(18)29)17-11-14-28(15-12-17)23(30)19-8-4-6-10-22(19)31-24(25,26)27/h3-10,16-17H,2,11-15H2,1H3. The summed E-state index contributed by atoms with van der Waals surface area (Å²) < 4.78 is 44.4. The van der Waals surface area contributed by atoms with Crippen LogP contribution in [0.4, 0.5) is 13.2 Å². The normalized spacial score (nSPS) is 15.4. The third-order valence-electron chi connectivity index (χ3n) is 5.85. The number of halogens is 3. The molecule has 0 radical (unpaired) electrons. The van der Waals surface area contributed by atoms with Gasteiger partial charge in [0.25, 0.3) is 5.91 Å². The molecule has 1 fully saturated rings. The van der Waals surface area contributed by atoms with Crippen molar-refractivity contribution < 1.29 is 22.7 Å². The van der Waals surface area contributed by atoms with Gasteiger partial charge in [-0.25, -0.2) is 0 Å². The number of amides is 1. The van der Waals surface area contributed by atoms with Gasteiger partial charge in [0.2, 0.25) is 0 Å². The van der Waals surface area contributed by atoms with Gasteiger partial charge in [0, 0.05) is 36.7 Å². The first-order chi connectivity index (χ1) is 14.9. The monoisotopic (exact) mass is 430 g/mol. The zero-order valence-corrected chi connectivity index (χ0v) is 17.4. The van der Waals surface area contributed by atoms with Crippen molar-refractivity contribution in [2.24, 2.45) is 0 Å². The molecule has 1 aliphatic heterocycles. The van der Waals surface area contributed by atoms with E-state index in [1.807, 2.05) is 12.1 Å². The average molecular weight is 430 g/mol. The van der Waals surface area contributed by atoms with E-state index in [0.717, 1.165) is 25.8 Å². The first-order valence-electron chi connectivity index (χ1n) is 10.6. The van der Waals surface area contributed by atoms with Crippen LogP contribution in [0.3, 0.4) is 0 Å². The molecule has 164 valence electrons. The predicted molar refractivity (Wildman–Crippen MR) is 113 cm³/mol. The highest BCUT2D eigenvalue weighted by Gasteiger charge is 2.34. The molecule has 31 heavy (non-hydrogen) atoms. The van der Waals surface area contributed by atoms with E-state index in [1.54, 1.807) is 11.0 Å². The maximum absolute atomic E-state index is 12.9. The fraction of sp³-hybridized carbons (Fsp3) is 0.375. The number of hydrogen-bond donors (Lipinski definition) is 0. The maximum Gasteiger partial charge on any atom is 0.573 e. The Kier molecular flexibility index (Phi) is 5.94. The van der Waals surface area contributed by atoms with E-state index in [0.29, 0.717) is 19.0 Å². The topological polar surface area (TPSA) is 34.5 Å². The molecule has 3 aromatic rings. The van der Waals surface area contributed by atoms with Crippen molar-refractivity contribution in [3.8, 4) is 5.75 Å². The molecule has 2 aromatic carbocycles. The molecule has 1 amide bonds. The van der Waals surface area contributed by atoms with Gasteiger partial charge in [0.05, 0.1) is 5.56 Å². The molecule has 1 saturated heterocycles. The van der Waals surface area contributed by atoms with Gasteiger partial charge < -0.3 is 14.2 Å². The van der Waals surface area contributed by atoms with Crippen LogP contribution in [0.5, 0.6) is 5.75 Å².